The summed E-state index contributed by atoms with van der Waals surface area (Å²) in [5, 5.41) is 3.18. The van der Waals surface area contributed by atoms with Gasteiger partial charge in [-0.1, -0.05) is 0 Å². The summed E-state index contributed by atoms with van der Waals surface area (Å²) >= 11 is 0. The second kappa shape index (κ2) is 4.82. The fourth-order valence-corrected chi connectivity index (χ4v) is 2.36. The highest BCUT2D eigenvalue weighted by Crippen LogP contribution is 2.12. The van der Waals surface area contributed by atoms with Crippen LogP contribution in [0.4, 0.5) is 0 Å². The number of rotatable bonds is 3. The summed E-state index contributed by atoms with van der Waals surface area (Å²) in [6.07, 6.45) is 2.51. The number of carbonyl (C=O) groups is 2. The Balaban J connectivity index is 1.82. The van der Waals surface area contributed by atoms with Gasteiger partial charge in [-0.15, -0.1) is 0 Å². The number of hydrogen-bond donors (Lipinski definition) is 1. The molecule has 2 saturated heterocycles. The van der Waals surface area contributed by atoms with Gasteiger partial charge in [0, 0.05) is 32.1 Å². The van der Waals surface area contributed by atoms with Crippen LogP contribution in [0, 0.1) is 0 Å². The lowest BCUT2D eigenvalue weighted by Gasteiger charge is -2.21. The van der Waals surface area contributed by atoms with Gasteiger partial charge >= 0.3 is 0 Å². The van der Waals surface area contributed by atoms with E-state index in [4.69, 9.17) is 0 Å². The van der Waals surface area contributed by atoms with Gasteiger partial charge in [0.05, 0.1) is 6.54 Å². The zero-order valence-corrected chi connectivity index (χ0v) is 9.74. The summed E-state index contributed by atoms with van der Waals surface area (Å²) in [7, 11) is 1.92. The van der Waals surface area contributed by atoms with Crippen LogP contribution in [-0.2, 0) is 9.59 Å². The van der Waals surface area contributed by atoms with Gasteiger partial charge in [0.1, 0.15) is 0 Å². The van der Waals surface area contributed by atoms with Crippen LogP contribution in [0.1, 0.15) is 19.3 Å². The summed E-state index contributed by atoms with van der Waals surface area (Å²) in [4.78, 5) is 26.8. The topological polar surface area (TPSA) is 52.7 Å². The molecule has 0 bridgehead atoms. The molecular weight excluding hydrogens is 206 g/mol. The van der Waals surface area contributed by atoms with Crippen LogP contribution in [0.3, 0.4) is 0 Å². The minimum atomic E-state index is 0.0907. The Morgan fingerprint density at radius 3 is 2.88 bits per heavy atom. The molecule has 2 rings (SSSR count). The lowest BCUT2D eigenvalue weighted by atomic mass is 10.3. The SMILES string of the molecule is CNC1CCN(C(=O)CN2CCCC2=O)C1. The predicted octanol–water partition coefficient (Wildman–Crippen LogP) is -0.571. The molecular formula is C11H19N3O2. The third kappa shape index (κ3) is 2.35. The minimum absolute atomic E-state index is 0.0907. The smallest absolute Gasteiger partial charge is 0.242 e. The van der Waals surface area contributed by atoms with Crippen LogP contribution in [0.15, 0.2) is 0 Å². The summed E-state index contributed by atoms with van der Waals surface area (Å²) in [6, 6.07) is 0.415. The van der Waals surface area contributed by atoms with Gasteiger partial charge in [-0.2, -0.15) is 0 Å². The molecule has 0 aliphatic carbocycles. The highest BCUT2D eigenvalue weighted by molar-refractivity contribution is 5.86. The van der Waals surface area contributed by atoms with E-state index in [1.165, 1.54) is 0 Å². The van der Waals surface area contributed by atoms with E-state index in [9.17, 15) is 9.59 Å². The Hall–Kier alpha value is -1.10. The maximum Gasteiger partial charge on any atom is 0.242 e. The van der Waals surface area contributed by atoms with Crippen molar-refractivity contribution in [2.24, 2.45) is 0 Å². The van der Waals surface area contributed by atoms with Gasteiger partial charge in [-0.3, -0.25) is 9.59 Å². The third-order valence-corrected chi connectivity index (χ3v) is 3.45. The van der Waals surface area contributed by atoms with E-state index in [2.05, 4.69) is 5.32 Å². The van der Waals surface area contributed by atoms with E-state index in [-0.39, 0.29) is 18.4 Å². The Bertz CT molecular complexity index is 293. The predicted molar refractivity (Wildman–Crippen MR) is 59.9 cm³/mol. The van der Waals surface area contributed by atoms with Crippen LogP contribution in [0.2, 0.25) is 0 Å². The van der Waals surface area contributed by atoms with Crippen molar-refractivity contribution >= 4 is 11.8 Å². The normalized spacial score (nSPS) is 25.6. The lowest BCUT2D eigenvalue weighted by molar-refractivity contribution is -0.137. The van der Waals surface area contributed by atoms with Gasteiger partial charge in [-0.25, -0.2) is 0 Å². The molecule has 2 heterocycles. The van der Waals surface area contributed by atoms with Gasteiger partial charge < -0.3 is 15.1 Å². The third-order valence-electron chi connectivity index (χ3n) is 3.45. The van der Waals surface area contributed by atoms with Crippen LogP contribution in [-0.4, -0.2) is 60.9 Å². The first kappa shape index (κ1) is 11.4. The van der Waals surface area contributed by atoms with E-state index < -0.39 is 0 Å². The first-order valence-electron chi connectivity index (χ1n) is 5.93. The first-order valence-corrected chi connectivity index (χ1v) is 5.93. The summed E-state index contributed by atoms with van der Waals surface area (Å²) in [5.41, 5.74) is 0. The van der Waals surface area contributed by atoms with E-state index >= 15 is 0 Å². The van der Waals surface area contributed by atoms with Gasteiger partial charge in [-0.05, 0) is 19.9 Å². The first-order chi connectivity index (χ1) is 7.70. The van der Waals surface area contributed by atoms with Gasteiger partial charge in [0.2, 0.25) is 11.8 Å². The van der Waals surface area contributed by atoms with Crippen molar-refractivity contribution in [3.8, 4) is 0 Å². The molecule has 0 aromatic heterocycles. The van der Waals surface area contributed by atoms with Gasteiger partial charge in [0.15, 0.2) is 0 Å². The van der Waals surface area contributed by atoms with Crippen LogP contribution in [0.5, 0.6) is 0 Å². The Kier molecular flexibility index (Phi) is 3.43. The number of likely N-dealkylation sites (N-methyl/N-ethyl adjacent to an activating group) is 1. The average Bonchev–Trinajstić information content (AvgIpc) is 2.88. The molecule has 0 spiro atoms. The van der Waals surface area contributed by atoms with E-state index in [0.717, 1.165) is 32.5 Å². The molecule has 5 heteroatoms. The summed E-state index contributed by atoms with van der Waals surface area (Å²) in [5.74, 6) is 0.214. The molecule has 2 amide bonds. The molecule has 1 unspecified atom stereocenters. The van der Waals surface area contributed by atoms with Crippen LogP contribution < -0.4 is 5.32 Å². The zero-order chi connectivity index (χ0) is 11.5. The Morgan fingerprint density at radius 2 is 2.31 bits per heavy atom. The molecule has 0 radical (unpaired) electrons. The zero-order valence-electron chi connectivity index (χ0n) is 9.74. The fourth-order valence-electron chi connectivity index (χ4n) is 2.36. The number of carbonyl (C=O) groups excluding carboxylic acids is 2. The molecule has 2 aliphatic rings. The highest BCUT2D eigenvalue weighted by atomic mass is 16.2. The van der Waals surface area contributed by atoms with Crippen molar-refractivity contribution < 1.29 is 9.59 Å². The maximum atomic E-state index is 11.9. The van der Waals surface area contributed by atoms with Crippen LogP contribution >= 0.6 is 0 Å². The quantitative estimate of drug-likeness (QED) is 0.700. The van der Waals surface area contributed by atoms with Crippen LogP contribution in [0.25, 0.3) is 0 Å². The van der Waals surface area contributed by atoms with Crippen molar-refractivity contribution in [1.82, 2.24) is 15.1 Å². The van der Waals surface area contributed by atoms with Crippen molar-refractivity contribution in [2.45, 2.75) is 25.3 Å². The van der Waals surface area contributed by atoms with Crippen molar-refractivity contribution in [2.75, 3.05) is 33.2 Å². The number of likely N-dealkylation sites (tertiary alicyclic amines) is 2. The molecule has 0 saturated carbocycles. The van der Waals surface area contributed by atoms with Gasteiger partial charge in [0.25, 0.3) is 0 Å². The molecule has 2 aliphatic heterocycles. The number of amides is 2. The highest BCUT2D eigenvalue weighted by Gasteiger charge is 2.28. The Labute approximate surface area is 95.8 Å². The van der Waals surface area contributed by atoms with E-state index in [1.807, 2.05) is 11.9 Å². The molecule has 1 N–H and O–H groups in total. The van der Waals surface area contributed by atoms with E-state index in [1.54, 1.807) is 4.90 Å². The van der Waals surface area contributed by atoms with Crippen molar-refractivity contribution in [3.05, 3.63) is 0 Å². The molecule has 90 valence electrons. The summed E-state index contributed by atoms with van der Waals surface area (Å²) < 4.78 is 0. The number of nitrogens with zero attached hydrogens (tertiary/aromatic N) is 2. The number of hydrogen-bond acceptors (Lipinski definition) is 3. The monoisotopic (exact) mass is 225 g/mol. The maximum absolute atomic E-state index is 11.9. The molecule has 16 heavy (non-hydrogen) atoms. The second-order valence-electron chi connectivity index (χ2n) is 4.53. The lowest BCUT2D eigenvalue weighted by Crippen LogP contribution is -2.41. The minimum Gasteiger partial charge on any atom is -0.340 e. The molecule has 0 aromatic carbocycles. The van der Waals surface area contributed by atoms with E-state index in [0.29, 0.717) is 12.5 Å². The summed E-state index contributed by atoms with van der Waals surface area (Å²) in [6.45, 7) is 2.60. The average molecular weight is 225 g/mol. The molecule has 2 fully saturated rings. The molecule has 0 aromatic rings. The standard InChI is InChI=1S/C11H19N3O2/c1-12-9-4-6-14(7-9)11(16)8-13-5-2-3-10(13)15/h9,12H,2-8H2,1H3. The van der Waals surface area contributed by atoms with Crippen molar-refractivity contribution in [1.29, 1.82) is 0 Å². The molecule has 5 nitrogen and oxygen atoms in total. The molecule has 1 atom stereocenters. The fraction of sp³-hybridized carbons (Fsp3) is 0.818. The largest absolute Gasteiger partial charge is 0.340 e. The number of nitrogens with one attached hydrogen (secondary N) is 1. The van der Waals surface area contributed by atoms with Crippen molar-refractivity contribution in [3.63, 3.8) is 0 Å². The Morgan fingerprint density at radius 1 is 1.50 bits per heavy atom. The second-order valence-corrected chi connectivity index (χ2v) is 4.53.